The van der Waals surface area contributed by atoms with E-state index in [1.54, 1.807) is 11.8 Å². The number of aryl methyl sites for hydroxylation is 1. The molecular formula is C15H16ClNS. The predicted octanol–water partition coefficient (Wildman–Crippen LogP) is 4.40. The molecule has 94 valence electrons. The molecule has 0 bridgehead atoms. The maximum absolute atomic E-state index is 6.14. The molecular weight excluding hydrogens is 262 g/mol. The van der Waals surface area contributed by atoms with Gasteiger partial charge in [0.1, 0.15) is 0 Å². The Hall–Kier alpha value is -0.960. The SMILES string of the molecule is Cc1cc(CN)ccc1CSc1ccccc1Cl. The molecule has 0 atom stereocenters. The molecule has 0 fully saturated rings. The lowest BCUT2D eigenvalue weighted by atomic mass is 10.1. The molecule has 0 aromatic heterocycles. The lowest BCUT2D eigenvalue weighted by Gasteiger charge is -2.08. The maximum Gasteiger partial charge on any atom is 0.0541 e. The van der Waals surface area contributed by atoms with Gasteiger partial charge in [0.15, 0.2) is 0 Å². The first-order valence-electron chi connectivity index (χ1n) is 5.86. The summed E-state index contributed by atoms with van der Waals surface area (Å²) in [5.74, 6) is 0.931. The van der Waals surface area contributed by atoms with Gasteiger partial charge in [0.25, 0.3) is 0 Å². The van der Waals surface area contributed by atoms with E-state index in [4.69, 9.17) is 17.3 Å². The molecule has 2 rings (SSSR count). The summed E-state index contributed by atoms with van der Waals surface area (Å²) in [5, 5.41) is 0.818. The lowest BCUT2D eigenvalue weighted by Crippen LogP contribution is -1.97. The van der Waals surface area contributed by atoms with E-state index in [9.17, 15) is 0 Å². The van der Waals surface area contributed by atoms with Crippen molar-refractivity contribution in [2.24, 2.45) is 5.73 Å². The zero-order chi connectivity index (χ0) is 13.0. The largest absolute Gasteiger partial charge is 0.326 e. The van der Waals surface area contributed by atoms with Gasteiger partial charge >= 0.3 is 0 Å². The van der Waals surface area contributed by atoms with Gasteiger partial charge in [0, 0.05) is 17.2 Å². The minimum atomic E-state index is 0.596. The zero-order valence-electron chi connectivity index (χ0n) is 10.3. The van der Waals surface area contributed by atoms with Crippen LogP contribution >= 0.6 is 23.4 Å². The third-order valence-electron chi connectivity index (χ3n) is 2.86. The molecule has 0 aliphatic carbocycles. The van der Waals surface area contributed by atoms with Crippen molar-refractivity contribution < 1.29 is 0 Å². The van der Waals surface area contributed by atoms with Crippen molar-refractivity contribution in [2.45, 2.75) is 24.1 Å². The minimum Gasteiger partial charge on any atom is -0.326 e. The summed E-state index contributed by atoms with van der Waals surface area (Å²) in [5.41, 5.74) is 9.43. The smallest absolute Gasteiger partial charge is 0.0541 e. The van der Waals surface area contributed by atoms with Crippen LogP contribution in [0.2, 0.25) is 5.02 Å². The minimum absolute atomic E-state index is 0.596. The molecule has 0 aliphatic rings. The molecule has 2 aromatic rings. The standard InChI is InChI=1S/C15H16ClNS/c1-11-8-12(9-17)6-7-13(11)10-18-15-5-3-2-4-14(15)16/h2-8H,9-10,17H2,1H3. The van der Waals surface area contributed by atoms with Crippen LogP contribution in [0.1, 0.15) is 16.7 Å². The van der Waals surface area contributed by atoms with Crippen molar-refractivity contribution in [2.75, 3.05) is 0 Å². The molecule has 0 heterocycles. The van der Waals surface area contributed by atoms with Crippen molar-refractivity contribution in [3.8, 4) is 0 Å². The molecule has 0 saturated heterocycles. The Labute approximate surface area is 117 Å². The third kappa shape index (κ3) is 3.29. The maximum atomic E-state index is 6.14. The van der Waals surface area contributed by atoms with E-state index in [1.165, 1.54) is 16.7 Å². The summed E-state index contributed by atoms with van der Waals surface area (Å²) in [7, 11) is 0. The number of rotatable bonds is 4. The Kier molecular flexibility index (Phi) is 4.70. The second-order valence-electron chi connectivity index (χ2n) is 4.18. The van der Waals surface area contributed by atoms with Gasteiger partial charge in [-0.25, -0.2) is 0 Å². The van der Waals surface area contributed by atoms with Crippen LogP contribution in [0.15, 0.2) is 47.4 Å². The van der Waals surface area contributed by atoms with E-state index in [2.05, 4.69) is 31.2 Å². The van der Waals surface area contributed by atoms with E-state index in [0.717, 1.165) is 15.7 Å². The average Bonchev–Trinajstić information content (AvgIpc) is 2.39. The van der Waals surface area contributed by atoms with Crippen molar-refractivity contribution in [1.82, 2.24) is 0 Å². The van der Waals surface area contributed by atoms with E-state index in [-0.39, 0.29) is 0 Å². The first-order chi connectivity index (χ1) is 8.70. The van der Waals surface area contributed by atoms with E-state index < -0.39 is 0 Å². The van der Waals surface area contributed by atoms with Crippen LogP contribution in [0.3, 0.4) is 0 Å². The molecule has 0 amide bonds. The highest BCUT2D eigenvalue weighted by Crippen LogP contribution is 2.30. The summed E-state index contributed by atoms with van der Waals surface area (Å²) >= 11 is 7.91. The van der Waals surface area contributed by atoms with Gasteiger partial charge in [0.05, 0.1) is 5.02 Å². The number of halogens is 1. The Morgan fingerprint density at radius 1 is 1.17 bits per heavy atom. The molecule has 0 spiro atoms. The first kappa shape index (κ1) is 13.5. The van der Waals surface area contributed by atoms with Crippen molar-refractivity contribution in [1.29, 1.82) is 0 Å². The molecule has 2 N–H and O–H groups in total. The van der Waals surface area contributed by atoms with Crippen molar-refractivity contribution in [3.63, 3.8) is 0 Å². The molecule has 0 saturated carbocycles. The summed E-state index contributed by atoms with van der Waals surface area (Å²) in [4.78, 5) is 1.13. The van der Waals surface area contributed by atoms with Gasteiger partial charge in [0.2, 0.25) is 0 Å². The van der Waals surface area contributed by atoms with E-state index >= 15 is 0 Å². The van der Waals surface area contributed by atoms with Gasteiger partial charge in [-0.05, 0) is 35.7 Å². The quantitative estimate of drug-likeness (QED) is 0.839. The summed E-state index contributed by atoms with van der Waals surface area (Å²) in [6.07, 6.45) is 0. The average molecular weight is 278 g/mol. The molecule has 3 heteroatoms. The highest BCUT2D eigenvalue weighted by Gasteiger charge is 2.03. The highest BCUT2D eigenvalue weighted by atomic mass is 35.5. The topological polar surface area (TPSA) is 26.0 Å². The van der Waals surface area contributed by atoms with Crippen LogP contribution in [0.25, 0.3) is 0 Å². The second-order valence-corrected chi connectivity index (χ2v) is 5.61. The fourth-order valence-electron chi connectivity index (χ4n) is 1.76. The molecule has 18 heavy (non-hydrogen) atoms. The van der Waals surface area contributed by atoms with Gasteiger partial charge in [-0.2, -0.15) is 0 Å². The van der Waals surface area contributed by atoms with Crippen molar-refractivity contribution in [3.05, 3.63) is 64.2 Å². The van der Waals surface area contributed by atoms with Crippen LogP contribution in [0.5, 0.6) is 0 Å². The van der Waals surface area contributed by atoms with Gasteiger partial charge in [-0.1, -0.05) is 41.9 Å². The Balaban J connectivity index is 2.09. The van der Waals surface area contributed by atoms with Crippen LogP contribution in [0, 0.1) is 6.92 Å². The van der Waals surface area contributed by atoms with Crippen molar-refractivity contribution >= 4 is 23.4 Å². The fraction of sp³-hybridized carbons (Fsp3) is 0.200. The fourth-order valence-corrected chi connectivity index (χ4v) is 3.08. The Bertz CT molecular complexity index is 540. The summed E-state index contributed by atoms with van der Waals surface area (Å²) in [6, 6.07) is 14.3. The van der Waals surface area contributed by atoms with Gasteiger partial charge in [-0.3, -0.25) is 0 Å². The Morgan fingerprint density at radius 2 is 1.94 bits per heavy atom. The van der Waals surface area contributed by atoms with Crippen LogP contribution in [-0.2, 0) is 12.3 Å². The number of thioether (sulfide) groups is 1. The van der Waals surface area contributed by atoms with Crippen LogP contribution in [0.4, 0.5) is 0 Å². The predicted molar refractivity (Wildman–Crippen MR) is 80.1 cm³/mol. The monoisotopic (exact) mass is 277 g/mol. The van der Waals surface area contributed by atoms with Crippen LogP contribution < -0.4 is 5.73 Å². The number of benzene rings is 2. The first-order valence-corrected chi connectivity index (χ1v) is 7.23. The number of hydrogen-bond donors (Lipinski definition) is 1. The molecule has 2 aromatic carbocycles. The number of hydrogen-bond acceptors (Lipinski definition) is 2. The van der Waals surface area contributed by atoms with Gasteiger partial charge in [-0.15, -0.1) is 11.8 Å². The Morgan fingerprint density at radius 3 is 2.61 bits per heavy atom. The lowest BCUT2D eigenvalue weighted by molar-refractivity contribution is 1.06. The summed E-state index contributed by atoms with van der Waals surface area (Å²) in [6.45, 7) is 2.72. The molecule has 0 unspecified atom stereocenters. The second kappa shape index (κ2) is 6.28. The number of nitrogens with two attached hydrogens (primary N) is 1. The highest BCUT2D eigenvalue weighted by molar-refractivity contribution is 7.98. The molecule has 1 nitrogen and oxygen atoms in total. The van der Waals surface area contributed by atoms with Gasteiger partial charge < -0.3 is 5.73 Å². The molecule has 0 radical (unpaired) electrons. The summed E-state index contributed by atoms with van der Waals surface area (Å²) < 4.78 is 0. The zero-order valence-corrected chi connectivity index (χ0v) is 11.9. The van der Waals surface area contributed by atoms with E-state index in [0.29, 0.717) is 6.54 Å². The van der Waals surface area contributed by atoms with Crippen LogP contribution in [-0.4, -0.2) is 0 Å². The molecule has 0 aliphatic heterocycles. The van der Waals surface area contributed by atoms with E-state index in [1.807, 2.05) is 18.2 Å². The third-order valence-corrected chi connectivity index (χ3v) is 4.43. The normalized spacial score (nSPS) is 10.6.